The van der Waals surface area contributed by atoms with Crippen LogP contribution in [0.4, 0.5) is 13.2 Å². The Labute approximate surface area is 105 Å². The van der Waals surface area contributed by atoms with Gasteiger partial charge in [0.25, 0.3) is 5.91 Å². The lowest BCUT2D eigenvalue weighted by atomic mass is 10.0. The molecule has 1 unspecified atom stereocenters. The molecule has 2 aliphatic rings. The summed E-state index contributed by atoms with van der Waals surface area (Å²) in [6.07, 6.45) is -4.33. The van der Waals surface area contributed by atoms with Crippen molar-refractivity contribution >= 4 is 11.7 Å². The fourth-order valence-corrected chi connectivity index (χ4v) is 2.25. The maximum atomic E-state index is 12.3. The lowest BCUT2D eigenvalue weighted by Gasteiger charge is -2.14. The number of para-hydroxylation sites is 1. The Balaban J connectivity index is 2.23. The van der Waals surface area contributed by atoms with E-state index >= 15 is 0 Å². The zero-order valence-corrected chi connectivity index (χ0v) is 9.53. The molecule has 7 heteroatoms. The molecule has 2 aliphatic heterocycles. The van der Waals surface area contributed by atoms with Crippen LogP contribution in [-0.4, -0.2) is 18.9 Å². The molecule has 0 bridgehead atoms. The summed E-state index contributed by atoms with van der Waals surface area (Å²) in [5.41, 5.74) is 0. The van der Waals surface area contributed by atoms with Crippen LogP contribution in [-0.2, 0) is 9.53 Å². The van der Waals surface area contributed by atoms with Gasteiger partial charge in [-0.05, 0) is 12.1 Å². The molecule has 1 aromatic carbocycles. The van der Waals surface area contributed by atoms with E-state index in [0.29, 0.717) is 24.0 Å². The van der Waals surface area contributed by atoms with Crippen LogP contribution >= 0.6 is 0 Å². The Morgan fingerprint density at radius 2 is 2.16 bits per heavy atom. The van der Waals surface area contributed by atoms with Crippen LogP contribution < -0.4 is 15.3 Å². The molecule has 4 nitrogen and oxygen atoms in total. The highest BCUT2D eigenvalue weighted by Gasteiger charge is 2.35. The van der Waals surface area contributed by atoms with Gasteiger partial charge in [0.15, 0.2) is 5.75 Å². The molecule has 0 radical (unpaired) electrons. The van der Waals surface area contributed by atoms with Crippen molar-refractivity contribution in [2.75, 3.05) is 6.61 Å². The highest BCUT2D eigenvalue weighted by Crippen LogP contribution is 2.27. The molecule has 19 heavy (non-hydrogen) atoms. The molecule has 1 saturated heterocycles. The average molecular weight is 271 g/mol. The van der Waals surface area contributed by atoms with E-state index in [0.717, 1.165) is 6.07 Å². The summed E-state index contributed by atoms with van der Waals surface area (Å²) < 4.78 is 46.1. The Morgan fingerprint density at radius 1 is 1.37 bits per heavy atom. The number of hydrogen-bond donors (Lipinski definition) is 0. The van der Waals surface area contributed by atoms with Gasteiger partial charge in [-0.1, -0.05) is 6.07 Å². The number of carbonyl (C=O) groups is 1. The van der Waals surface area contributed by atoms with Crippen molar-refractivity contribution in [1.29, 1.82) is 0 Å². The molecule has 0 saturated carbocycles. The van der Waals surface area contributed by atoms with Crippen molar-refractivity contribution in [3.05, 3.63) is 28.8 Å². The van der Waals surface area contributed by atoms with E-state index in [9.17, 15) is 18.0 Å². The smallest absolute Gasteiger partial charge is 0.496 e. The van der Waals surface area contributed by atoms with Gasteiger partial charge in [-0.25, -0.2) is 4.99 Å². The highest BCUT2D eigenvalue weighted by atomic mass is 19.4. The number of ether oxygens (including phenoxy) is 2. The topological polar surface area (TPSA) is 47.9 Å². The quantitative estimate of drug-likeness (QED) is 0.762. The molecule has 1 atom stereocenters. The minimum atomic E-state index is -4.83. The largest absolute Gasteiger partial charge is 0.573 e. The van der Waals surface area contributed by atoms with Gasteiger partial charge in [-0.3, -0.25) is 4.79 Å². The van der Waals surface area contributed by atoms with Crippen LogP contribution in [0.1, 0.15) is 6.42 Å². The first-order valence-electron chi connectivity index (χ1n) is 5.60. The first kappa shape index (κ1) is 12.0. The summed E-state index contributed by atoms with van der Waals surface area (Å²) in [6, 6.07) is 4.11. The summed E-state index contributed by atoms with van der Waals surface area (Å²) in [5.74, 6) is -1.06. The highest BCUT2D eigenvalue weighted by molar-refractivity contribution is 5.89. The first-order chi connectivity index (χ1) is 8.96. The number of halogens is 3. The molecular weight excluding hydrogens is 263 g/mol. The van der Waals surface area contributed by atoms with Crippen LogP contribution in [0.15, 0.2) is 23.2 Å². The maximum Gasteiger partial charge on any atom is 0.573 e. The van der Waals surface area contributed by atoms with Gasteiger partial charge in [-0.15, -0.1) is 13.2 Å². The summed E-state index contributed by atoms with van der Waals surface area (Å²) in [4.78, 5) is 15.5. The van der Waals surface area contributed by atoms with Crippen LogP contribution in [0.5, 0.6) is 5.75 Å². The second-order valence-corrected chi connectivity index (χ2v) is 4.20. The second-order valence-electron chi connectivity index (χ2n) is 4.20. The van der Waals surface area contributed by atoms with E-state index in [1.807, 2.05) is 0 Å². The molecule has 100 valence electrons. The molecule has 3 rings (SSSR count). The van der Waals surface area contributed by atoms with E-state index in [2.05, 4.69) is 9.73 Å². The van der Waals surface area contributed by atoms with Crippen molar-refractivity contribution in [2.45, 2.75) is 12.8 Å². The lowest BCUT2D eigenvalue weighted by Crippen LogP contribution is -2.38. The van der Waals surface area contributed by atoms with Crippen LogP contribution in [0.25, 0.3) is 5.76 Å². The molecule has 1 aromatic rings. The summed E-state index contributed by atoms with van der Waals surface area (Å²) in [5, 5.41) is 0.279. The van der Waals surface area contributed by atoms with Gasteiger partial charge in [0.2, 0.25) is 0 Å². The Morgan fingerprint density at radius 3 is 2.89 bits per heavy atom. The van der Waals surface area contributed by atoms with E-state index in [-0.39, 0.29) is 5.36 Å². The fourth-order valence-electron chi connectivity index (χ4n) is 2.25. The predicted molar refractivity (Wildman–Crippen MR) is 56.4 cm³/mol. The Bertz CT molecular complexity index is 666. The normalized spacial score (nSPS) is 21.3. The number of nitrogens with zero attached hydrogens (tertiary/aromatic N) is 1. The van der Waals surface area contributed by atoms with Crippen molar-refractivity contribution < 1.29 is 27.4 Å². The third kappa shape index (κ3) is 2.05. The van der Waals surface area contributed by atoms with Crippen molar-refractivity contribution in [2.24, 2.45) is 10.9 Å². The molecule has 0 aliphatic carbocycles. The summed E-state index contributed by atoms with van der Waals surface area (Å²) in [6.45, 7) is 0.366. The van der Waals surface area contributed by atoms with Crippen LogP contribution in [0, 0.1) is 5.92 Å². The number of alkyl halides is 3. The number of hydrogen-bond acceptors (Lipinski definition) is 3. The molecule has 2 heterocycles. The summed E-state index contributed by atoms with van der Waals surface area (Å²) >= 11 is 0. The van der Waals surface area contributed by atoms with Gasteiger partial charge in [-0.2, -0.15) is 0 Å². The van der Waals surface area contributed by atoms with Gasteiger partial charge in [0.1, 0.15) is 17.0 Å². The predicted octanol–water partition coefficient (Wildman–Crippen LogP) is 0.890. The fraction of sp³-hybridized carbons (Fsp3) is 0.333. The molecule has 0 N–H and O–H groups in total. The Hall–Kier alpha value is -2.05. The third-order valence-corrected chi connectivity index (χ3v) is 2.99. The SMILES string of the molecule is O=C1N=c2c(OC(F)(F)F)cccc2=C2OCCC12. The maximum absolute atomic E-state index is 12.3. The second kappa shape index (κ2) is 3.97. The van der Waals surface area contributed by atoms with Gasteiger partial charge in [0, 0.05) is 11.6 Å². The van der Waals surface area contributed by atoms with Crippen LogP contribution in [0.3, 0.4) is 0 Å². The number of carbonyl (C=O) groups excluding carboxylic acids is 1. The van der Waals surface area contributed by atoms with Crippen LogP contribution in [0.2, 0.25) is 0 Å². The Kier molecular flexibility index (Phi) is 2.51. The number of amides is 1. The number of rotatable bonds is 1. The van der Waals surface area contributed by atoms with Crippen molar-refractivity contribution in [3.8, 4) is 5.75 Å². The molecule has 1 amide bonds. The molecule has 0 aromatic heterocycles. The number of benzene rings is 1. The van der Waals surface area contributed by atoms with Crippen molar-refractivity contribution in [1.82, 2.24) is 0 Å². The van der Waals surface area contributed by atoms with Gasteiger partial charge in [0.05, 0.1) is 6.61 Å². The minimum absolute atomic E-state index is 0.113. The minimum Gasteiger partial charge on any atom is -0.496 e. The van der Waals surface area contributed by atoms with E-state index < -0.39 is 23.9 Å². The summed E-state index contributed by atoms with van der Waals surface area (Å²) in [7, 11) is 0. The molecule has 1 fully saturated rings. The number of fused-ring (bicyclic) bond motifs is 2. The van der Waals surface area contributed by atoms with Crippen molar-refractivity contribution in [3.63, 3.8) is 0 Å². The third-order valence-electron chi connectivity index (χ3n) is 2.99. The van der Waals surface area contributed by atoms with E-state index in [1.54, 1.807) is 6.07 Å². The lowest BCUT2D eigenvalue weighted by molar-refractivity contribution is -0.275. The zero-order valence-electron chi connectivity index (χ0n) is 9.53. The molecular formula is C12H8F3NO3. The molecule has 0 spiro atoms. The van der Waals surface area contributed by atoms with E-state index in [4.69, 9.17) is 4.74 Å². The first-order valence-corrected chi connectivity index (χ1v) is 5.60. The van der Waals surface area contributed by atoms with E-state index in [1.165, 1.54) is 6.07 Å². The standard InChI is InChI=1S/C12H8F3NO3/c13-12(14,15)19-8-3-1-2-6-9(8)16-11(17)7-4-5-18-10(6)7/h1-3,7H,4-5H2. The zero-order chi connectivity index (χ0) is 13.6. The van der Waals surface area contributed by atoms with Gasteiger partial charge >= 0.3 is 6.36 Å². The van der Waals surface area contributed by atoms with Gasteiger partial charge < -0.3 is 9.47 Å². The monoisotopic (exact) mass is 271 g/mol. The average Bonchev–Trinajstić information content (AvgIpc) is 2.78.